The number of aryl methyl sites for hydroxylation is 2. The van der Waals surface area contributed by atoms with Crippen molar-refractivity contribution in [1.82, 2.24) is 5.32 Å². The van der Waals surface area contributed by atoms with Crippen LogP contribution >= 0.6 is 27.3 Å². The molecular weight excluding hydrogens is 350 g/mol. The molecule has 1 aromatic carbocycles. The fourth-order valence-electron chi connectivity index (χ4n) is 2.15. The van der Waals surface area contributed by atoms with Crippen LogP contribution in [0.2, 0.25) is 0 Å². The van der Waals surface area contributed by atoms with Gasteiger partial charge in [0.15, 0.2) is 6.61 Å². The van der Waals surface area contributed by atoms with Gasteiger partial charge in [-0.25, -0.2) is 0 Å². The molecule has 0 spiro atoms. The highest BCUT2D eigenvalue weighted by Gasteiger charge is 2.12. The van der Waals surface area contributed by atoms with Crippen molar-refractivity contribution in [3.05, 3.63) is 50.1 Å². The first-order chi connectivity index (χ1) is 9.97. The maximum atomic E-state index is 12.0. The predicted molar refractivity (Wildman–Crippen MR) is 90.0 cm³/mol. The van der Waals surface area contributed by atoms with E-state index in [1.54, 1.807) is 11.3 Å². The molecule has 0 aliphatic rings. The van der Waals surface area contributed by atoms with Gasteiger partial charge in [0.2, 0.25) is 0 Å². The van der Waals surface area contributed by atoms with Gasteiger partial charge in [-0.15, -0.1) is 11.3 Å². The molecule has 0 unspecified atom stereocenters. The van der Waals surface area contributed by atoms with Crippen LogP contribution in [0.4, 0.5) is 0 Å². The molecule has 2 rings (SSSR count). The van der Waals surface area contributed by atoms with Crippen molar-refractivity contribution < 1.29 is 9.53 Å². The van der Waals surface area contributed by atoms with Crippen LogP contribution in [-0.2, 0) is 4.79 Å². The summed E-state index contributed by atoms with van der Waals surface area (Å²) >= 11 is 5.08. The molecule has 0 bridgehead atoms. The van der Waals surface area contributed by atoms with E-state index in [0.29, 0.717) is 0 Å². The van der Waals surface area contributed by atoms with Gasteiger partial charge < -0.3 is 10.1 Å². The molecule has 21 heavy (non-hydrogen) atoms. The van der Waals surface area contributed by atoms with Gasteiger partial charge in [-0.3, -0.25) is 4.79 Å². The van der Waals surface area contributed by atoms with Crippen LogP contribution in [0.3, 0.4) is 0 Å². The predicted octanol–water partition coefficient (Wildman–Crippen LogP) is 4.38. The Bertz CT molecular complexity index is 602. The molecule has 0 saturated heterocycles. The highest BCUT2D eigenvalue weighted by molar-refractivity contribution is 9.10. The summed E-state index contributed by atoms with van der Waals surface area (Å²) < 4.78 is 6.69. The molecule has 2 aromatic rings. The molecule has 0 radical (unpaired) electrons. The summed E-state index contributed by atoms with van der Waals surface area (Å²) in [4.78, 5) is 13.1. The Balaban J connectivity index is 1.93. The highest BCUT2D eigenvalue weighted by atomic mass is 79.9. The van der Waals surface area contributed by atoms with Gasteiger partial charge in [0.25, 0.3) is 5.91 Å². The smallest absolute Gasteiger partial charge is 0.258 e. The number of rotatable bonds is 5. The lowest BCUT2D eigenvalue weighted by Crippen LogP contribution is -2.31. The van der Waals surface area contributed by atoms with E-state index in [1.807, 2.05) is 50.4 Å². The molecular formula is C16H18BrNO2S. The first-order valence-corrected chi connectivity index (χ1v) is 8.37. The summed E-state index contributed by atoms with van der Waals surface area (Å²) in [6.07, 6.45) is 0. The van der Waals surface area contributed by atoms with Crippen LogP contribution in [0.25, 0.3) is 0 Å². The number of nitrogens with one attached hydrogen (secondary N) is 1. The number of benzene rings is 1. The summed E-state index contributed by atoms with van der Waals surface area (Å²) in [7, 11) is 0. The minimum absolute atomic E-state index is 0.00760. The molecule has 3 nitrogen and oxygen atoms in total. The Morgan fingerprint density at radius 1 is 1.38 bits per heavy atom. The Labute approximate surface area is 137 Å². The Morgan fingerprint density at radius 3 is 2.62 bits per heavy atom. The van der Waals surface area contributed by atoms with Crippen LogP contribution in [0.1, 0.15) is 29.0 Å². The molecule has 1 heterocycles. The monoisotopic (exact) mass is 367 g/mol. The number of hydrogen-bond acceptors (Lipinski definition) is 3. The lowest BCUT2D eigenvalue weighted by molar-refractivity contribution is -0.123. The number of ether oxygens (including phenoxy) is 1. The first-order valence-electron chi connectivity index (χ1n) is 6.69. The SMILES string of the molecule is Cc1cc(Br)cc(C)c1OCC(=O)N[C@H](C)c1cccs1. The summed E-state index contributed by atoms with van der Waals surface area (Å²) in [5.74, 6) is 0.662. The normalized spacial score (nSPS) is 12.0. The third kappa shape index (κ3) is 4.32. The number of carbonyl (C=O) groups is 1. The number of halogens is 1. The fourth-order valence-corrected chi connectivity index (χ4v) is 3.58. The van der Waals surface area contributed by atoms with Crippen molar-refractivity contribution in [3.8, 4) is 5.75 Å². The van der Waals surface area contributed by atoms with Gasteiger partial charge >= 0.3 is 0 Å². The van der Waals surface area contributed by atoms with Crippen LogP contribution in [0.15, 0.2) is 34.1 Å². The van der Waals surface area contributed by atoms with Gasteiger partial charge in [0.05, 0.1) is 6.04 Å². The molecule has 0 fully saturated rings. The van der Waals surface area contributed by atoms with Gasteiger partial charge in [-0.05, 0) is 55.5 Å². The Hall–Kier alpha value is -1.33. The van der Waals surface area contributed by atoms with Gasteiger partial charge in [-0.2, -0.15) is 0 Å². The van der Waals surface area contributed by atoms with Crippen molar-refractivity contribution in [3.63, 3.8) is 0 Å². The van der Waals surface area contributed by atoms with E-state index in [1.165, 1.54) is 0 Å². The molecule has 1 amide bonds. The summed E-state index contributed by atoms with van der Waals surface area (Å²) in [5.41, 5.74) is 2.03. The largest absolute Gasteiger partial charge is 0.483 e. The fraction of sp³-hybridized carbons (Fsp3) is 0.312. The van der Waals surface area contributed by atoms with Crippen molar-refractivity contribution in [2.45, 2.75) is 26.8 Å². The average Bonchev–Trinajstić information content (AvgIpc) is 2.91. The maximum absolute atomic E-state index is 12.0. The molecule has 0 aliphatic carbocycles. The lowest BCUT2D eigenvalue weighted by atomic mass is 10.1. The molecule has 0 aliphatic heterocycles. The zero-order chi connectivity index (χ0) is 15.4. The second kappa shape index (κ2) is 7.09. The topological polar surface area (TPSA) is 38.3 Å². The average molecular weight is 368 g/mol. The highest BCUT2D eigenvalue weighted by Crippen LogP contribution is 2.27. The van der Waals surface area contributed by atoms with Crippen molar-refractivity contribution >= 4 is 33.2 Å². The van der Waals surface area contributed by atoms with Crippen LogP contribution in [-0.4, -0.2) is 12.5 Å². The van der Waals surface area contributed by atoms with Crippen molar-refractivity contribution in [2.24, 2.45) is 0 Å². The molecule has 1 N–H and O–H groups in total. The molecule has 112 valence electrons. The van der Waals surface area contributed by atoms with Crippen molar-refractivity contribution in [2.75, 3.05) is 6.61 Å². The van der Waals surface area contributed by atoms with E-state index in [4.69, 9.17) is 4.74 Å². The lowest BCUT2D eigenvalue weighted by Gasteiger charge is -2.15. The molecule has 1 atom stereocenters. The molecule has 0 saturated carbocycles. The van der Waals surface area contributed by atoms with E-state index in [-0.39, 0.29) is 18.6 Å². The van der Waals surface area contributed by atoms with E-state index >= 15 is 0 Å². The summed E-state index contributed by atoms with van der Waals surface area (Å²) in [5, 5.41) is 4.94. The second-order valence-electron chi connectivity index (χ2n) is 4.96. The van der Waals surface area contributed by atoms with Gasteiger partial charge in [0, 0.05) is 9.35 Å². The minimum atomic E-state index is -0.113. The number of amides is 1. The van der Waals surface area contributed by atoms with Gasteiger partial charge in [0.1, 0.15) is 5.75 Å². The molecule has 1 aromatic heterocycles. The maximum Gasteiger partial charge on any atom is 0.258 e. The van der Waals surface area contributed by atoms with Crippen LogP contribution in [0, 0.1) is 13.8 Å². The van der Waals surface area contributed by atoms with E-state index in [9.17, 15) is 4.79 Å². The van der Waals surface area contributed by atoms with E-state index in [2.05, 4.69) is 21.2 Å². The van der Waals surface area contributed by atoms with E-state index in [0.717, 1.165) is 26.2 Å². The third-order valence-corrected chi connectivity index (χ3v) is 4.63. The zero-order valence-electron chi connectivity index (χ0n) is 12.3. The standard InChI is InChI=1S/C16H18BrNO2S/c1-10-7-13(17)8-11(2)16(10)20-9-15(19)18-12(3)14-5-4-6-21-14/h4-8,12H,9H2,1-3H3,(H,18,19)/t12-/m1/s1. The molecule has 5 heteroatoms. The first kappa shape index (κ1) is 16.0. The number of thiophene rings is 1. The van der Waals surface area contributed by atoms with Crippen molar-refractivity contribution in [1.29, 1.82) is 0 Å². The summed E-state index contributed by atoms with van der Waals surface area (Å²) in [6.45, 7) is 5.94. The van der Waals surface area contributed by atoms with E-state index < -0.39 is 0 Å². The Kier molecular flexibility index (Phi) is 5.42. The minimum Gasteiger partial charge on any atom is -0.483 e. The van der Waals surface area contributed by atoms with Crippen LogP contribution in [0.5, 0.6) is 5.75 Å². The quantitative estimate of drug-likeness (QED) is 0.851. The van der Waals surface area contributed by atoms with Gasteiger partial charge in [-0.1, -0.05) is 22.0 Å². The number of carbonyl (C=O) groups excluding carboxylic acids is 1. The third-order valence-electron chi connectivity index (χ3n) is 3.12. The van der Waals surface area contributed by atoms with Crippen LogP contribution < -0.4 is 10.1 Å². The zero-order valence-corrected chi connectivity index (χ0v) is 14.7. The number of hydrogen-bond donors (Lipinski definition) is 1. The Morgan fingerprint density at radius 2 is 2.05 bits per heavy atom. The summed E-state index contributed by atoms with van der Waals surface area (Å²) in [6, 6.07) is 7.96. The second-order valence-corrected chi connectivity index (χ2v) is 6.86.